The molecule has 2 aromatic rings. The number of furan rings is 1. The molecule has 1 N–H and O–H groups in total. The fourth-order valence-corrected chi connectivity index (χ4v) is 3.02. The summed E-state index contributed by atoms with van der Waals surface area (Å²) in [5, 5.41) is 12.6. The van der Waals surface area contributed by atoms with Crippen LogP contribution in [0.2, 0.25) is 0 Å². The fourth-order valence-electron chi connectivity index (χ4n) is 2.21. The van der Waals surface area contributed by atoms with Crippen molar-refractivity contribution in [1.29, 1.82) is 0 Å². The van der Waals surface area contributed by atoms with E-state index in [-0.39, 0.29) is 12.3 Å². The number of aliphatic hydroxyl groups is 1. The highest BCUT2D eigenvalue weighted by atomic mass is 32.1. The number of carbonyl (C=O) groups is 1. The van der Waals surface area contributed by atoms with E-state index in [1.165, 1.54) is 11.3 Å². The third-order valence-electron chi connectivity index (χ3n) is 3.71. The smallest absolute Gasteiger partial charge is 0.228 e. The van der Waals surface area contributed by atoms with Crippen LogP contribution in [0.15, 0.2) is 28.4 Å². The summed E-state index contributed by atoms with van der Waals surface area (Å²) < 4.78 is 5.03. The quantitative estimate of drug-likeness (QED) is 0.888. The minimum atomic E-state index is -0.393. The standard InChI is InChI=1S/C15H18N2O3S/c1-17(7-13(18)10-2-3-10)14(19)6-12-9-21-15(16-12)11-4-5-20-8-11/h4-5,8-10,13,18H,2-3,6-7H2,1H3. The monoisotopic (exact) mass is 306 g/mol. The number of carbonyl (C=O) groups excluding carboxylic acids is 1. The Morgan fingerprint density at radius 3 is 3.10 bits per heavy atom. The van der Waals surface area contributed by atoms with Crippen LogP contribution in [0, 0.1) is 5.92 Å². The van der Waals surface area contributed by atoms with E-state index < -0.39 is 6.10 Å². The maximum absolute atomic E-state index is 12.1. The number of amides is 1. The van der Waals surface area contributed by atoms with E-state index in [0.29, 0.717) is 12.5 Å². The lowest BCUT2D eigenvalue weighted by molar-refractivity contribution is -0.130. The van der Waals surface area contributed by atoms with Gasteiger partial charge in [-0.05, 0) is 24.8 Å². The van der Waals surface area contributed by atoms with Crippen molar-refractivity contribution >= 4 is 17.2 Å². The fraction of sp³-hybridized carbons (Fsp3) is 0.467. The summed E-state index contributed by atoms with van der Waals surface area (Å²) in [6, 6.07) is 1.85. The predicted molar refractivity (Wildman–Crippen MR) is 79.9 cm³/mol. The first kappa shape index (κ1) is 14.3. The normalized spacial score (nSPS) is 15.9. The average molecular weight is 306 g/mol. The van der Waals surface area contributed by atoms with Gasteiger partial charge in [0, 0.05) is 24.5 Å². The van der Waals surface area contributed by atoms with Crippen molar-refractivity contribution in [2.45, 2.75) is 25.4 Å². The number of hydrogen-bond acceptors (Lipinski definition) is 5. The van der Waals surface area contributed by atoms with Crippen molar-refractivity contribution in [3.63, 3.8) is 0 Å². The second kappa shape index (κ2) is 5.99. The first-order chi connectivity index (χ1) is 10.1. The topological polar surface area (TPSA) is 66.6 Å². The molecule has 0 aliphatic heterocycles. The van der Waals surface area contributed by atoms with E-state index in [4.69, 9.17) is 4.42 Å². The van der Waals surface area contributed by atoms with Gasteiger partial charge in [0.2, 0.25) is 5.91 Å². The number of rotatable bonds is 6. The lowest BCUT2D eigenvalue weighted by Crippen LogP contribution is -2.36. The molecule has 112 valence electrons. The molecule has 0 radical (unpaired) electrons. The van der Waals surface area contributed by atoms with E-state index in [1.807, 2.05) is 11.4 Å². The van der Waals surface area contributed by atoms with Gasteiger partial charge in [-0.2, -0.15) is 0 Å². The van der Waals surface area contributed by atoms with E-state index in [9.17, 15) is 9.90 Å². The number of likely N-dealkylation sites (N-methyl/N-ethyl adjacent to an activating group) is 1. The summed E-state index contributed by atoms with van der Waals surface area (Å²) in [6.45, 7) is 0.405. The minimum absolute atomic E-state index is 0.0151. The van der Waals surface area contributed by atoms with Crippen LogP contribution >= 0.6 is 11.3 Å². The molecule has 0 aromatic carbocycles. The molecule has 21 heavy (non-hydrogen) atoms. The molecular weight excluding hydrogens is 288 g/mol. The Kier molecular flexibility index (Phi) is 4.07. The predicted octanol–water partition coefficient (Wildman–Crippen LogP) is 2.17. The van der Waals surface area contributed by atoms with Crippen molar-refractivity contribution in [3.05, 3.63) is 29.7 Å². The zero-order valence-electron chi connectivity index (χ0n) is 11.9. The summed E-state index contributed by atoms with van der Waals surface area (Å²) in [7, 11) is 1.73. The first-order valence-electron chi connectivity index (χ1n) is 7.02. The molecule has 1 fully saturated rings. The van der Waals surface area contributed by atoms with Crippen molar-refractivity contribution in [2.75, 3.05) is 13.6 Å². The van der Waals surface area contributed by atoms with Gasteiger partial charge in [0.1, 0.15) is 11.3 Å². The SMILES string of the molecule is CN(CC(O)C1CC1)C(=O)Cc1csc(-c2ccoc2)n1. The van der Waals surface area contributed by atoms with Gasteiger partial charge in [-0.25, -0.2) is 4.98 Å². The number of thiazole rings is 1. The molecule has 5 nitrogen and oxygen atoms in total. The van der Waals surface area contributed by atoms with Crippen molar-refractivity contribution in [3.8, 4) is 10.6 Å². The Labute approximate surface area is 127 Å². The van der Waals surface area contributed by atoms with Gasteiger partial charge in [-0.1, -0.05) is 0 Å². The Morgan fingerprint density at radius 2 is 2.43 bits per heavy atom. The Morgan fingerprint density at radius 1 is 1.62 bits per heavy atom. The largest absolute Gasteiger partial charge is 0.472 e. The van der Waals surface area contributed by atoms with Crippen molar-refractivity contribution in [1.82, 2.24) is 9.88 Å². The van der Waals surface area contributed by atoms with Crippen molar-refractivity contribution < 1.29 is 14.3 Å². The number of aromatic nitrogens is 1. The maximum atomic E-state index is 12.1. The van der Waals surface area contributed by atoms with Crippen molar-refractivity contribution in [2.24, 2.45) is 5.92 Å². The van der Waals surface area contributed by atoms with E-state index in [1.54, 1.807) is 24.5 Å². The van der Waals surface area contributed by atoms with Gasteiger partial charge < -0.3 is 14.4 Å². The summed E-state index contributed by atoms with van der Waals surface area (Å²) in [6.07, 6.45) is 5.27. The van der Waals surface area contributed by atoms with Crippen LogP contribution in [0.4, 0.5) is 0 Å². The van der Waals surface area contributed by atoms with Gasteiger partial charge in [-0.3, -0.25) is 4.79 Å². The Bertz CT molecular complexity index is 604. The van der Waals surface area contributed by atoms with Gasteiger partial charge in [0.15, 0.2) is 0 Å². The van der Waals surface area contributed by atoms with Crippen LogP contribution in [0.3, 0.4) is 0 Å². The molecular formula is C15H18N2O3S. The molecule has 1 unspecified atom stereocenters. The van der Waals surface area contributed by atoms with Crippen LogP contribution < -0.4 is 0 Å². The van der Waals surface area contributed by atoms with E-state index in [2.05, 4.69) is 4.98 Å². The molecule has 1 saturated carbocycles. The number of hydrogen-bond donors (Lipinski definition) is 1. The molecule has 1 aliphatic rings. The molecule has 2 heterocycles. The Hall–Kier alpha value is -1.66. The van der Waals surface area contributed by atoms with Crippen LogP contribution in [-0.4, -0.2) is 40.6 Å². The molecule has 0 bridgehead atoms. The number of aliphatic hydroxyl groups excluding tert-OH is 1. The van der Waals surface area contributed by atoms with Crippen LogP contribution in [0.25, 0.3) is 10.6 Å². The molecule has 3 rings (SSSR count). The summed E-state index contributed by atoms with van der Waals surface area (Å²) in [5.41, 5.74) is 1.69. The highest BCUT2D eigenvalue weighted by molar-refractivity contribution is 7.13. The minimum Gasteiger partial charge on any atom is -0.472 e. The highest BCUT2D eigenvalue weighted by Crippen LogP contribution is 2.32. The second-order valence-corrected chi connectivity index (χ2v) is 6.37. The zero-order chi connectivity index (χ0) is 14.8. The molecule has 1 amide bonds. The summed E-state index contributed by atoms with van der Waals surface area (Å²) >= 11 is 1.50. The van der Waals surface area contributed by atoms with Gasteiger partial charge in [0.25, 0.3) is 0 Å². The van der Waals surface area contributed by atoms with E-state index >= 15 is 0 Å². The maximum Gasteiger partial charge on any atom is 0.228 e. The molecule has 2 aromatic heterocycles. The van der Waals surface area contributed by atoms with Crippen LogP contribution in [0.1, 0.15) is 18.5 Å². The van der Waals surface area contributed by atoms with Gasteiger partial charge >= 0.3 is 0 Å². The number of nitrogens with zero attached hydrogens (tertiary/aromatic N) is 2. The van der Waals surface area contributed by atoms with E-state index in [0.717, 1.165) is 29.1 Å². The molecule has 1 aliphatic carbocycles. The Balaban J connectivity index is 1.56. The molecule has 0 saturated heterocycles. The van der Waals surface area contributed by atoms with Crippen LogP contribution in [-0.2, 0) is 11.2 Å². The zero-order valence-corrected chi connectivity index (χ0v) is 12.7. The lowest BCUT2D eigenvalue weighted by Gasteiger charge is -2.20. The highest BCUT2D eigenvalue weighted by Gasteiger charge is 2.31. The molecule has 1 atom stereocenters. The van der Waals surface area contributed by atoms with Crippen LogP contribution in [0.5, 0.6) is 0 Å². The van der Waals surface area contributed by atoms with Gasteiger partial charge in [0.05, 0.1) is 24.5 Å². The first-order valence-corrected chi connectivity index (χ1v) is 7.90. The third kappa shape index (κ3) is 3.51. The summed E-state index contributed by atoms with van der Waals surface area (Å²) in [4.78, 5) is 18.2. The average Bonchev–Trinajstić information content (AvgIpc) is 2.98. The van der Waals surface area contributed by atoms with Gasteiger partial charge in [-0.15, -0.1) is 11.3 Å². The molecule has 6 heteroatoms. The summed E-state index contributed by atoms with van der Waals surface area (Å²) in [5.74, 6) is 0.367. The second-order valence-electron chi connectivity index (χ2n) is 5.51. The molecule has 0 spiro atoms. The lowest BCUT2D eigenvalue weighted by atomic mass is 10.2. The third-order valence-corrected chi connectivity index (χ3v) is 4.65.